The summed E-state index contributed by atoms with van der Waals surface area (Å²) in [6, 6.07) is 16.8. The van der Waals surface area contributed by atoms with Crippen LogP contribution in [0.5, 0.6) is 17.2 Å². The van der Waals surface area contributed by atoms with Gasteiger partial charge in [-0.05, 0) is 60.4 Å². The Hall–Kier alpha value is -4.94. The molecule has 3 heterocycles. The van der Waals surface area contributed by atoms with E-state index in [1.165, 1.54) is 6.33 Å². The van der Waals surface area contributed by atoms with Gasteiger partial charge in [-0.15, -0.1) is 0 Å². The van der Waals surface area contributed by atoms with Crippen molar-refractivity contribution in [3.8, 4) is 40.3 Å². The number of halogens is 1. The number of benzene rings is 2. The van der Waals surface area contributed by atoms with Crippen molar-refractivity contribution in [3.05, 3.63) is 83.4 Å². The second kappa shape index (κ2) is 10.9. The van der Waals surface area contributed by atoms with Crippen molar-refractivity contribution >= 4 is 34.0 Å². The minimum absolute atomic E-state index is 0.198. The molecule has 0 fully saturated rings. The summed E-state index contributed by atoms with van der Waals surface area (Å²) < 4.78 is 13.4. The number of anilines is 1. The van der Waals surface area contributed by atoms with Gasteiger partial charge in [0, 0.05) is 16.8 Å². The number of fused-ring (bicyclic) bond motifs is 1. The van der Waals surface area contributed by atoms with E-state index in [0.717, 1.165) is 11.1 Å². The number of pyridine rings is 1. The van der Waals surface area contributed by atoms with E-state index in [1.54, 1.807) is 42.3 Å². The monoisotopic (exact) mass is 565 g/mol. The number of nitriles is 1. The van der Waals surface area contributed by atoms with E-state index in [0.29, 0.717) is 56.0 Å². The van der Waals surface area contributed by atoms with Crippen LogP contribution in [-0.2, 0) is 0 Å². The third kappa shape index (κ3) is 5.69. The predicted octanol–water partition coefficient (Wildman–Crippen LogP) is 7.18. The fourth-order valence-electron chi connectivity index (χ4n) is 4.31. The second-order valence-electron chi connectivity index (χ2n) is 10.5. The molecule has 0 atom stereocenters. The number of nitrogens with zero attached hydrogens (tertiary/aromatic N) is 6. The highest BCUT2D eigenvalue weighted by molar-refractivity contribution is 6.31. The molecule has 0 amide bonds. The maximum absolute atomic E-state index is 9.81. The molecule has 0 aliphatic rings. The minimum atomic E-state index is -0.198. The molecule has 3 aromatic heterocycles. The van der Waals surface area contributed by atoms with Crippen LogP contribution in [0.4, 0.5) is 5.82 Å². The zero-order chi connectivity index (χ0) is 29.3. The van der Waals surface area contributed by atoms with Crippen LogP contribution in [0.1, 0.15) is 32.0 Å². The average molecular weight is 566 g/mol. The van der Waals surface area contributed by atoms with E-state index < -0.39 is 0 Å². The zero-order valence-corrected chi connectivity index (χ0v) is 24.1. The van der Waals surface area contributed by atoms with Crippen LogP contribution in [0.25, 0.3) is 33.6 Å². The van der Waals surface area contributed by atoms with Crippen molar-refractivity contribution in [1.82, 2.24) is 24.7 Å². The molecule has 2 N–H and O–H groups in total. The number of nitrogens with two attached hydrogens (primary N) is 1. The molecule has 0 saturated heterocycles. The summed E-state index contributed by atoms with van der Waals surface area (Å²) in [5.41, 5.74) is 10.6. The van der Waals surface area contributed by atoms with Crippen LogP contribution in [-0.4, -0.2) is 31.8 Å². The molecule has 5 rings (SSSR count). The quantitative estimate of drug-likeness (QED) is 0.215. The van der Waals surface area contributed by atoms with Gasteiger partial charge in [-0.3, -0.25) is 4.98 Å². The van der Waals surface area contributed by atoms with Gasteiger partial charge in [0.2, 0.25) is 0 Å². The van der Waals surface area contributed by atoms with Crippen molar-refractivity contribution in [1.29, 1.82) is 5.26 Å². The number of hydrogen-bond acceptors (Lipinski definition) is 8. The van der Waals surface area contributed by atoms with Gasteiger partial charge < -0.3 is 15.2 Å². The summed E-state index contributed by atoms with van der Waals surface area (Å²) >= 11 is 6.28. The normalized spacial score (nSPS) is 11.9. The van der Waals surface area contributed by atoms with E-state index in [-0.39, 0.29) is 11.2 Å². The molecular formula is C31H28ClN7O2. The summed E-state index contributed by atoms with van der Waals surface area (Å²) in [6.45, 7) is 8.02. The molecule has 5 aromatic rings. The predicted molar refractivity (Wildman–Crippen MR) is 160 cm³/mol. The second-order valence-corrected chi connectivity index (χ2v) is 10.9. The first-order valence-electron chi connectivity index (χ1n) is 12.8. The number of methoxy groups -OCH3 is 1. The van der Waals surface area contributed by atoms with Crippen LogP contribution in [0.15, 0.2) is 67.1 Å². The van der Waals surface area contributed by atoms with E-state index in [2.05, 4.69) is 21.0 Å². The first-order valence-corrected chi connectivity index (χ1v) is 13.2. The van der Waals surface area contributed by atoms with E-state index in [1.807, 2.05) is 58.0 Å². The van der Waals surface area contributed by atoms with Gasteiger partial charge >= 0.3 is 0 Å². The first kappa shape index (κ1) is 27.6. The highest BCUT2D eigenvalue weighted by Crippen LogP contribution is 2.39. The lowest BCUT2D eigenvalue weighted by molar-refractivity contribution is 0.379. The number of rotatable bonds is 6. The van der Waals surface area contributed by atoms with Gasteiger partial charge in [-0.1, -0.05) is 44.5 Å². The molecule has 206 valence electrons. The van der Waals surface area contributed by atoms with Crippen LogP contribution in [0.3, 0.4) is 0 Å². The van der Waals surface area contributed by atoms with E-state index in [9.17, 15) is 5.26 Å². The Morgan fingerprint density at radius 2 is 1.85 bits per heavy atom. The Morgan fingerprint density at radius 3 is 2.56 bits per heavy atom. The SMILES string of the molecule is COc1cc(-c2nn(-c3ccnc(/C(C#N)=C/C(C)(C)C)c3)c3ncnc(N)c23)ccc1Oc1ccc(C)c(Cl)c1. The molecule has 0 unspecified atom stereocenters. The van der Waals surface area contributed by atoms with Gasteiger partial charge in [0.05, 0.1) is 29.5 Å². The van der Waals surface area contributed by atoms with Crippen molar-refractivity contribution < 1.29 is 9.47 Å². The molecule has 0 saturated carbocycles. The summed E-state index contributed by atoms with van der Waals surface area (Å²) in [5, 5.41) is 15.9. The number of nitrogen functional groups attached to an aromatic ring is 1. The lowest BCUT2D eigenvalue weighted by Crippen LogP contribution is -2.03. The first-order chi connectivity index (χ1) is 19.6. The number of allylic oxidation sites excluding steroid dienone is 2. The Morgan fingerprint density at radius 1 is 1.05 bits per heavy atom. The Balaban J connectivity index is 1.61. The molecule has 2 aromatic carbocycles. The molecule has 0 radical (unpaired) electrons. The largest absolute Gasteiger partial charge is 0.493 e. The third-order valence-corrected chi connectivity index (χ3v) is 6.67. The van der Waals surface area contributed by atoms with Gasteiger partial charge in [-0.25, -0.2) is 14.6 Å². The average Bonchev–Trinajstić information content (AvgIpc) is 3.34. The Labute approximate surface area is 242 Å². The van der Waals surface area contributed by atoms with Gasteiger partial charge in [0.25, 0.3) is 0 Å². The molecule has 41 heavy (non-hydrogen) atoms. The highest BCUT2D eigenvalue weighted by atomic mass is 35.5. The van der Waals surface area contributed by atoms with Crippen molar-refractivity contribution in [2.45, 2.75) is 27.7 Å². The Kier molecular flexibility index (Phi) is 7.35. The smallest absolute Gasteiger partial charge is 0.169 e. The minimum Gasteiger partial charge on any atom is -0.493 e. The maximum Gasteiger partial charge on any atom is 0.169 e. The molecule has 0 aliphatic carbocycles. The van der Waals surface area contributed by atoms with Gasteiger partial charge in [-0.2, -0.15) is 10.4 Å². The number of aromatic nitrogens is 5. The fourth-order valence-corrected chi connectivity index (χ4v) is 4.49. The molecule has 0 bridgehead atoms. The van der Waals surface area contributed by atoms with Gasteiger partial charge in [0.15, 0.2) is 17.1 Å². The number of ether oxygens (including phenoxy) is 2. The van der Waals surface area contributed by atoms with E-state index >= 15 is 0 Å². The molecule has 0 aliphatic heterocycles. The molecule has 10 heteroatoms. The standard InChI is InChI=1S/C31H28ClN7O2/c1-18-6-8-22(14-23(18)32)41-25-9-7-19(12-26(25)40-5)28-27-29(34)36-17-37-30(27)39(38-28)21-10-11-35-24(13-21)20(16-33)15-31(2,3)4/h6-15,17H,1-5H3,(H2,34,36,37)/b20-15+. The zero-order valence-electron chi connectivity index (χ0n) is 23.3. The molecule has 9 nitrogen and oxygen atoms in total. The Bertz CT molecular complexity index is 1850. The lowest BCUT2D eigenvalue weighted by Gasteiger charge is -2.13. The van der Waals surface area contributed by atoms with Crippen LogP contribution < -0.4 is 15.2 Å². The van der Waals surface area contributed by atoms with Crippen LogP contribution in [0, 0.1) is 23.7 Å². The van der Waals surface area contributed by atoms with Crippen molar-refractivity contribution in [2.75, 3.05) is 12.8 Å². The highest BCUT2D eigenvalue weighted by Gasteiger charge is 2.21. The lowest BCUT2D eigenvalue weighted by atomic mass is 9.93. The van der Waals surface area contributed by atoms with Crippen molar-refractivity contribution in [2.24, 2.45) is 5.41 Å². The fraction of sp³-hybridized carbons (Fsp3) is 0.194. The third-order valence-electron chi connectivity index (χ3n) is 6.26. The van der Waals surface area contributed by atoms with Crippen molar-refractivity contribution in [3.63, 3.8) is 0 Å². The van der Waals surface area contributed by atoms with Crippen LogP contribution in [0.2, 0.25) is 5.02 Å². The molecular weight excluding hydrogens is 538 g/mol. The molecule has 0 spiro atoms. The summed E-state index contributed by atoms with van der Waals surface area (Å²) in [5.74, 6) is 1.88. The summed E-state index contributed by atoms with van der Waals surface area (Å²) in [6.07, 6.45) is 4.93. The summed E-state index contributed by atoms with van der Waals surface area (Å²) in [7, 11) is 1.57. The van der Waals surface area contributed by atoms with E-state index in [4.69, 9.17) is 31.9 Å². The topological polar surface area (TPSA) is 125 Å². The number of hydrogen-bond donors (Lipinski definition) is 1. The van der Waals surface area contributed by atoms with Gasteiger partial charge in [0.1, 0.15) is 29.7 Å². The number of aryl methyl sites for hydroxylation is 1. The maximum atomic E-state index is 9.81. The summed E-state index contributed by atoms with van der Waals surface area (Å²) in [4.78, 5) is 13.1. The van der Waals surface area contributed by atoms with Crippen LogP contribution >= 0.6 is 11.6 Å².